The van der Waals surface area contributed by atoms with E-state index >= 15 is 0 Å². The normalized spacial score (nSPS) is 22.6. The molecule has 0 unspecified atom stereocenters. The van der Waals surface area contributed by atoms with Crippen LogP contribution in [0.2, 0.25) is 0 Å². The van der Waals surface area contributed by atoms with Gasteiger partial charge in [-0.1, -0.05) is 17.3 Å². The van der Waals surface area contributed by atoms with E-state index in [1.807, 2.05) is 11.9 Å². The molecule has 2 aromatic rings. The van der Waals surface area contributed by atoms with Gasteiger partial charge in [0, 0.05) is 24.2 Å². The van der Waals surface area contributed by atoms with E-state index < -0.39 is 11.0 Å². The molecule has 1 aliphatic heterocycles. The fourth-order valence-electron chi connectivity index (χ4n) is 2.51. The average Bonchev–Trinajstić information content (AvgIpc) is 3.05. The fraction of sp³-hybridized carbons (Fsp3) is 0.385. The van der Waals surface area contributed by atoms with Crippen molar-refractivity contribution in [3.8, 4) is 11.4 Å². The second-order valence-electron chi connectivity index (χ2n) is 5.11. The van der Waals surface area contributed by atoms with Gasteiger partial charge in [-0.15, -0.1) is 0 Å². The lowest BCUT2D eigenvalue weighted by atomic mass is 10.2. The molecule has 0 bridgehead atoms. The number of rotatable bonds is 3. The summed E-state index contributed by atoms with van der Waals surface area (Å²) >= 11 is 0. The molecule has 0 saturated carbocycles. The van der Waals surface area contributed by atoms with Crippen LogP contribution in [0.3, 0.4) is 0 Å². The lowest BCUT2D eigenvalue weighted by Gasteiger charge is -2.13. The Morgan fingerprint density at radius 1 is 1.52 bits per heavy atom. The zero-order chi connectivity index (χ0) is 15.0. The highest BCUT2D eigenvalue weighted by Gasteiger charge is 2.33. The van der Waals surface area contributed by atoms with Crippen molar-refractivity contribution in [1.82, 2.24) is 15.0 Å². The molecule has 8 heteroatoms. The summed E-state index contributed by atoms with van der Waals surface area (Å²) in [6.07, 6.45) is 0.126. The van der Waals surface area contributed by atoms with Crippen molar-refractivity contribution in [1.29, 1.82) is 0 Å². The Hall–Kier alpha value is -2.32. The van der Waals surface area contributed by atoms with Gasteiger partial charge in [-0.3, -0.25) is 15.0 Å². The highest BCUT2D eigenvalue weighted by molar-refractivity contribution is 5.58. The number of benzene rings is 1. The van der Waals surface area contributed by atoms with Crippen LogP contribution in [0.15, 0.2) is 28.8 Å². The average molecular weight is 290 g/mol. The molecule has 0 spiro atoms. The highest BCUT2D eigenvalue weighted by Crippen LogP contribution is 2.31. The van der Waals surface area contributed by atoms with Crippen molar-refractivity contribution in [3.05, 3.63) is 40.3 Å². The van der Waals surface area contributed by atoms with Crippen LogP contribution in [-0.2, 0) is 0 Å². The number of nitrogens with zero attached hydrogens (tertiary/aromatic N) is 4. The predicted octanol–water partition coefficient (Wildman–Crippen LogP) is 1.38. The summed E-state index contributed by atoms with van der Waals surface area (Å²) in [4.78, 5) is 16.6. The van der Waals surface area contributed by atoms with Crippen LogP contribution in [-0.4, -0.2) is 44.8 Å². The van der Waals surface area contributed by atoms with E-state index in [0.29, 0.717) is 30.2 Å². The van der Waals surface area contributed by atoms with Gasteiger partial charge >= 0.3 is 0 Å². The molecule has 110 valence electrons. The molecule has 1 aliphatic rings. The third-order valence-electron chi connectivity index (χ3n) is 3.57. The van der Waals surface area contributed by atoms with Gasteiger partial charge < -0.3 is 9.63 Å². The minimum Gasteiger partial charge on any atom is -0.392 e. The monoisotopic (exact) mass is 290 g/mol. The number of likely N-dealkylation sites (N-methyl/N-ethyl adjacent to an activating group) is 1. The van der Waals surface area contributed by atoms with E-state index in [1.165, 1.54) is 12.1 Å². The molecule has 0 radical (unpaired) electrons. The van der Waals surface area contributed by atoms with Gasteiger partial charge in [0.25, 0.3) is 5.69 Å². The summed E-state index contributed by atoms with van der Waals surface area (Å²) < 4.78 is 5.24. The molecule has 3 rings (SSSR count). The number of hydrogen-bond donors (Lipinski definition) is 1. The molecule has 1 saturated heterocycles. The second kappa shape index (κ2) is 5.23. The predicted molar refractivity (Wildman–Crippen MR) is 72.4 cm³/mol. The first kappa shape index (κ1) is 13.7. The van der Waals surface area contributed by atoms with Gasteiger partial charge in [0.05, 0.1) is 17.1 Å². The first-order chi connectivity index (χ1) is 10.0. The van der Waals surface area contributed by atoms with Gasteiger partial charge in [-0.05, 0) is 13.5 Å². The third-order valence-corrected chi connectivity index (χ3v) is 3.57. The molecular weight excluding hydrogens is 276 g/mol. The maximum atomic E-state index is 10.8. The summed E-state index contributed by atoms with van der Waals surface area (Å²) in [5.41, 5.74) is 0.507. The number of hydrogen-bond acceptors (Lipinski definition) is 7. The third kappa shape index (κ3) is 2.63. The van der Waals surface area contributed by atoms with Gasteiger partial charge in [0.1, 0.15) is 0 Å². The zero-order valence-electron chi connectivity index (χ0n) is 11.3. The first-order valence-corrected chi connectivity index (χ1v) is 6.51. The lowest BCUT2D eigenvalue weighted by Crippen LogP contribution is -2.19. The molecule has 2 heterocycles. The Balaban J connectivity index is 1.88. The van der Waals surface area contributed by atoms with Crippen LogP contribution in [0, 0.1) is 10.1 Å². The van der Waals surface area contributed by atoms with Gasteiger partial charge in [-0.2, -0.15) is 4.98 Å². The Bertz CT molecular complexity index is 672. The minimum atomic E-state index is -0.467. The number of aromatic nitrogens is 2. The smallest absolute Gasteiger partial charge is 0.270 e. The van der Waals surface area contributed by atoms with E-state index in [-0.39, 0.29) is 11.7 Å². The highest BCUT2D eigenvalue weighted by atomic mass is 16.6. The number of likely N-dealkylation sites (tertiary alicyclic amines) is 1. The molecule has 1 aromatic heterocycles. The van der Waals surface area contributed by atoms with E-state index in [0.717, 1.165) is 0 Å². The van der Waals surface area contributed by atoms with E-state index in [4.69, 9.17) is 4.52 Å². The van der Waals surface area contributed by atoms with Crippen LogP contribution in [0.5, 0.6) is 0 Å². The molecule has 2 atom stereocenters. The maximum absolute atomic E-state index is 10.8. The molecule has 8 nitrogen and oxygen atoms in total. The molecule has 1 N–H and O–H groups in total. The SMILES string of the molecule is CN1C[C@H](O)C[C@H]1c1nc(-c2cccc([N+](=O)[O-])c2)no1. The quantitative estimate of drug-likeness (QED) is 0.672. The van der Waals surface area contributed by atoms with Gasteiger partial charge in [0.2, 0.25) is 11.7 Å². The molecular formula is C13H14N4O4. The largest absolute Gasteiger partial charge is 0.392 e. The van der Waals surface area contributed by atoms with Crippen molar-refractivity contribution in [2.75, 3.05) is 13.6 Å². The molecule has 21 heavy (non-hydrogen) atoms. The van der Waals surface area contributed by atoms with Crippen molar-refractivity contribution in [2.24, 2.45) is 0 Å². The number of non-ortho nitro benzene ring substituents is 1. The first-order valence-electron chi connectivity index (χ1n) is 6.51. The summed E-state index contributed by atoms with van der Waals surface area (Å²) in [7, 11) is 1.87. The second-order valence-corrected chi connectivity index (χ2v) is 5.11. The van der Waals surface area contributed by atoms with Crippen molar-refractivity contribution >= 4 is 5.69 Å². The maximum Gasteiger partial charge on any atom is 0.270 e. The van der Waals surface area contributed by atoms with E-state index in [1.54, 1.807) is 12.1 Å². The Morgan fingerprint density at radius 2 is 2.33 bits per heavy atom. The molecule has 1 fully saturated rings. The van der Waals surface area contributed by atoms with E-state index in [2.05, 4.69) is 10.1 Å². The standard InChI is InChI=1S/C13H14N4O4/c1-16-7-10(18)6-11(16)13-14-12(15-21-13)8-3-2-4-9(5-8)17(19)20/h2-5,10-11,18H,6-7H2,1H3/t10-,11+/m1/s1. The van der Waals surface area contributed by atoms with Crippen LogP contribution < -0.4 is 0 Å². The van der Waals surface area contributed by atoms with Crippen LogP contribution in [0.25, 0.3) is 11.4 Å². The lowest BCUT2D eigenvalue weighted by molar-refractivity contribution is -0.384. The topological polar surface area (TPSA) is 106 Å². The molecule has 1 aromatic carbocycles. The molecule has 0 aliphatic carbocycles. The van der Waals surface area contributed by atoms with Gasteiger partial charge in [-0.25, -0.2) is 0 Å². The number of aliphatic hydroxyl groups excluding tert-OH is 1. The zero-order valence-corrected chi connectivity index (χ0v) is 11.3. The number of nitro groups is 1. The van der Waals surface area contributed by atoms with Crippen LogP contribution >= 0.6 is 0 Å². The summed E-state index contributed by atoms with van der Waals surface area (Å²) in [5, 5.41) is 24.3. The van der Waals surface area contributed by atoms with Crippen LogP contribution in [0.4, 0.5) is 5.69 Å². The number of aliphatic hydroxyl groups is 1. The fourth-order valence-corrected chi connectivity index (χ4v) is 2.51. The summed E-state index contributed by atoms with van der Waals surface area (Å²) in [5.74, 6) is 0.721. The van der Waals surface area contributed by atoms with E-state index in [9.17, 15) is 15.2 Å². The summed E-state index contributed by atoms with van der Waals surface area (Å²) in [6, 6.07) is 5.96. The van der Waals surface area contributed by atoms with Crippen molar-refractivity contribution in [2.45, 2.75) is 18.6 Å². The Morgan fingerprint density at radius 3 is 3.00 bits per heavy atom. The Kier molecular flexibility index (Phi) is 3.40. The van der Waals surface area contributed by atoms with Crippen molar-refractivity contribution < 1.29 is 14.6 Å². The number of β-amino-alcohol motifs (C(OH)–C–C–N with tert-alkyl or cyclic N) is 1. The van der Waals surface area contributed by atoms with Crippen LogP contribution in [0.1, 0.15) is 18.4 Å². The minimum absolute atomic E-state index is 0.0211. The van der Waals surface area contributed by atoms with Crippen molar-refractivity contribution in [3.63, 3.8) is 0 Å². The summed E-state index contributed by atoms with van der Waals surface area (Å²) in [6.45, 7) is 0.555. The molecule has 0 amide bonds. The Labute approximate surface area is 120 Å². The van der Waals surface area contributed by atoms with Gasteiger partial charge in [0.15, 0.2) is 0 Å². The number of nitro benzene ring substituents is 1.